The Kier molecular flexibility index (Phi) is 8.49. The highest BCUT2D eigenvalue weighted by molar-refractivity contribution is 5.92. The van der Waals surface area contributed by atoms with Gasteiger partial charge in [0.1, 0.15) is 11.5 Å². The van der Waals surface area contributed by atoms with Crippen LogP contribution in [0.15, 0.2) is 24.2 Å². The van der Waals surface area contributed by atoms with Crippen LogP contribution in [0.3, 0.4) is 0 Å². The van der Waals surface area contributed by atoms with Gasteiger partial charge in [0.2, 0.25) is 0 Å². The fourth-order valence-corrected chi connectivity index (χ4v) is 3.01. The molecule has 29 heavy (non-hydrogen) atoms. The number of nitrogens with one attached hydrogen (secondary N) is 5. The summed E-state index contributed by atoms with van der Waals surface area (Å²) >= 11 is 0. The van der Waals surface area contributed by atoms with Gasteiger partial charge in [0, 0.05) is 46.0 Å². The molecule has 0 bridgehead atoms. The molecule has 7 N–H and O–H groups in total. The van der Waals surface area contributed by atoms with Crippen LogP contribution in [0.1, 0.15) is 23.1 Å². The Morgan fingerprint density at radius 3 is 2.55 bits per heavy atom. The monoisotopic (exact) mass is 405 g/mol. The summed E-state index contributed by atoms with van der Waals surface area (Å²) in [5.74, 6) is 5.62. The van der Waals surface area contributed by atoms with E-state index in [-0.39, 0.29) is 11.9 Å². The summed E-state index contributed by atoms with van der Waals surface area (Å²) < 4.78 is 0. The maximum Gasteiger partial charge on any atom is 0.320 e. The normalized spacial score (nSPS) is 14.9. The van der Waals surface area contributed by atoms with E-state index in [9.17, 15) is 9.59 Å². The number of rotatable bonds is 8. The predicted octanol–water partition coefficient (Wildman–Crippen LogP) is -1.000. The van der Waals surface area contributed by atoms with E-state index in [1.54, 1.807) is 19.3 Å². The van der Waals surface area contributed by atoms with Gasteiger partial charge in [0.05, 0.1) is 18.1 Å². The summed E-state index contributed by atoms with van der Waals surface area (Å²) in [5, 5.41) is 11.0. The molecule has 0 aromatic carbocycles. The first-order valence-electron chi connectivity index (χ1n) is 9.60. The van der Waals surface area contributed by atoms with Gasteiger partial charge in [0.25, 0.3) is 5.91 Å². The van der Waals surface area contributed by atoms with Crippen molar-refractivity contribution in [3.8, 4) is 0 Å². The van der Waals surface area contributed by atoms with Gasteiger partial charge < -0.3 is 26.3 Å². The molecule has 1 aliphatic rings. The Morgan fingerprint density at radius 1 is 1.24 bits per heavy atom. The second-order valence-electron chi connectivity index (χ2n) is 6.53. The largest absolute Gasteiger partial charge is 0.375 e. The first-order chi connectivity index (χ1) is 14.0. The molecule has 2 heterocycles. The number of hydrazine groups is 1. The number of pyridine rings is 1. The minimum atomic E-state index is -0.321. The number of hydrogen-bond acceptors (Lipinski definition) is 8. The second-order valence-corrected chi connectivity index (χ2v) is 6.53. The molecule has 1 aliphatic heterocycles. The van der Waals surface area contributed by atoms with Crippen molar-refractivity contribution in [3.05, 3.63) is 35.5 Å². The Balaban J connectivity index is 1.82. The van der Waals surface area contributed by atoms with E-state index in [0.717, 1.165) is 37.6 Å². The third-order valence-corrected chi connectivity index (χ3v) is 4.53. The number of nitrogens with two attached hydrogens (primary N) is 1. The predicted molar refractivity (Wildman–Crippen MR) is 112 cm³/mol. The van der Waals surface area contributed by atoms with Crippen LogP contribution < -0.4 is 37.4 Å². The molecule has 0 radical (unpaired) electrons. The second kappa shape index (κ2) is 11.1. The fourth-order valence-electron chi connectivity index (χ4n) is 3.01. The zero-order valence-electron chi connectivity index (χ0n) is 17.2. The number of amides is 3. The molecule has 0 aliphatic carbocycles. The summed E-state index contributed by atoms with van der Waals surface area (Å²) in [4.78, 5) is 32.2. The molecule has 1 saturated heterocycles. The number of aromatic nitrogens is 1. The lowest BCUT2D eigenvalue weighted by atomic mass is 10.2. The fraction of sp³-hybridized carbons (Fsp3) is 0.500. The summed E-state index contributed by atoms with van der Waals surface area (Å²) in [6, 6.07) is 3.39. The van der Waals surface area contributed by atoms with E-state index in [4.69, 9.17) is 5.84 Å². The van der Waals surface area contributed by atoms with Crippen LogP contribution in [-0.2, 0) is 0 Å². The number of carbonyl (C=O) groups is 2. The van der Waals surface area contributed by atoms with Gasteiger partial charge in [0.15, 0.2) is 0 Å². The van der Waals surface area contributed by atoms with Crippen LogP contribution in [0.2, 0.25) is 0 Å². The maximum atomic E-state index is 11.7. The number of aryl methyl sites for hydroxylation is 1. The molecule has 0 saturated carbocycles. The molecule has 1 aromatic heterocycles. The molecule has 11 heteroatoms. The highest BCUT2D eigenvalue weighted by Gasteiger charge is 2.19. The topological polar surface area (TPSA) is 140 Å². The SMILES string of the molecule is CCNC(=O)N/C(=C/NCN1CCN(c2ccc(C(=O)NC)nc2C)CC1)NN. The lowest BCUT2D eigenvalue weighted by molar-refractivity contribution is 0.0958. The van der Waals surface area contributed by atoms with E-state index < -0.39 is 0 Å². The number of piperazine rings is 1. The van der Waals surface area contributed by atoms with Crippen LogP contribution in [0, 0.1) is 6.92 Å². The van der Waals surface area contributed by atoms with Gasteiger partial charge in [-0.3, -0.25) is 15.0 Å². The Labute approximate surface area is 171 Å². The lowest BCUT2D eigenvalue weighted by Gasteiger charge is -2.36. The van der Waals surface area contributed by atoms with Gasteiger partial charge in [-0.25, -0.2) is 15.6 Å². The van der Waals surface area contributed by atoms with Crippen molar-refractivity contribution in [2.75, 3.05) is 51.3 Å². The van der Waals surface area contributed by atoms with Crippen molar-refractivity contribution in [3.63, 3.8) is 0 Å². The molecule has 2 rings (SSSR count). The maximum absolute atomic E-state index is 11.7. The molecule has 0 unspecified atom stereocenters. The third kappa shape index (κ3) is 6.50. The number of carbonyl (C=O) groups excluding carboxylic acids is 2. The third-order valence-electron chi connectivity index (χ3n) is 4.53. The molecular weight excluding hydrogens is 374 g/mol. The molecule has 11 nitrogen and oxygen atoms in total. The van der Waals surface area contributed by atoms with Crippen LogP contribution in [0.4, 0.5) is 10.5 Å². The molecular formula is C18H31N9O2. The average molecular weight is 406 g/mol. The van der Waals surface area contributed by atoms with Crippen molar-refractivity contribution < 1.29 is 9.59 Å². The Bertz CT molecular complexity index is 730. The Hall–Kier alpha value is -3.05. The van der Waals surface area contributed by atoms with Crippen molar-refractivity contribution in [2.45, 2.75) is 13.8 Å². The van der Waals surface area contributed by atoms with Gasteiger partial charge in [-0.2, -0.15) is 0 Å². The summed E-state index contributed by atoms with van der Waals surface area (Å²) in [6.45, 7) is 8.36. The van der Waals surface area contributed by atoms with E-state index in [0.29, 0.717) is 24.7 Å². The van der Waals surface area contributed by atoms with Crippen LogP contribution in [0.25, 0.3) is 0 Å². The highest BCUT2D eigenvalue weighted by atomic mass is 16.2. The van der Waals surface area contributed by atoms with Crippen LogP contribution >= 0.6 is 0 Å². The highest BCUT2D eigenvalue weighted by Crippen LogP contribution is 2.20. The Morgan fingerprint density at radius 2 is 1.97 bits per heavy atom. The van der Waals surface area contributed by atoms with Gasteiger partial charge in [-0.15, -0.1) is 0 Å². The van der Waals surface area contributed by atoms with Gasteiger partial charge in [-0.1, -0.05) is 0 Å². The molecule has 1 aromatic rings. The van der Waals surface area contributed by atoms with Gasteiger partial charge in [-0.05, 0) is 26.0 Å². The molecule has 160 valence electrons. The average Bonchev–Trinajstić information content (AvgIpc) is 2.73. The minimum absolute atomic E-state index is 0.184. The van der Waals surface area contributed by atoms with E-state index in [1.807, 2.05) is 19.9 Å². The number of anilines is 1. The lowest BCUT2D eigenvalue weighted by Crippen LogP contribution is -2.49. The number of urea groups is 1. The zero-order valence-corrected chi connectivity index (χ0v) is 17.2. The van der Waals surface area contributed by atoms with Crippen LogP contribution in [0.5, 0.6) is 0 Å². The van der Waals surface area contributed by atoms with Crippen molar-refractivity contribution in [1.29, 1.82) is 0 Å². The first kappa shape index (κ1) is 22.2. The van der Waals surface area contributed by atoms with Crippen molar-refractivity contribution >= 4 is 17.6 Å². The summed E-state index contributed by atoms with van der Waals surface area (Å²) in [6.07, 6.45) is 1.63. The van der Waals surface area contributed by atoms with E-state index in [1.165, 1.54) is 0 Å². The number of nitrogens with zero attached hydrogens (tertiary/aromatic N) is 3. The summed E-state index contributed by atoms with van der Waals surface area (Å²) in [5.41, 5.74) is 4.76. The zero-order chi connectivity index (χ0) is 21.2. The number of hydrogen-bond donors (Lipinski definition) is 6. The van der Waals surface area contributed by atoms with Crippen molar-refractivity contribution in [2.24, 2.45) is 5.84 Å². The standard InChI is InChI=1S/C18H31N9O2/c1-4-22-18(29)24-16(25-19)11-21-12-26-7-9-27(10-8-26)15-6-5-14(17(28)20-3)23-13(15)2/h5-6,11,21,25H,4,7-10,12,19H2,1-3H3,(H,20,28)(H2,22,24,29)/b16-11-. The van der Waals surface area contributed by atoms with Gasteiger partial charge >= 0.3 is 6.03 Å². The van der Waals surface area contributed by atoms with Crippen molar-refractivity contribution in [1.82, 2.24) is 36.6 Å². The molecule has 1 fully saturated rings. The van der Waals surface area contributed by atoms with Crippen LogP contribution in [-0.4, -0.2) is 68.3 Å². The summed E-state index contributed by atoms with van der Waals surface area (Å²) in [7, 11) is 1.60. The molecule has 3 amide bonds. The minimum Gasteiger partial charge on any atom is -0.375 e. The smallest absolute Gasteiger partial charge is 0.320 e. The first-order valence-corrected chi connectivity index (χ1v) is 9.60. The van der Waals surface area contributed by atoms with E-state index in [2.05, 4.69) is 41.5 Å². The van der Waals surface area contributed by atoms with E-state index >= 15 is 0 Å². The molecule has 0 atom stereocenters. The quantitative estimate of drug-likeness (QED) is 0.239. The molecule has 0 spiro atoms.